The molecule has 1 aromatic heterocycles. The zero-order valence-electron chi connectivity index (χ0n) is 12.2. The molecule has 1 aliphatic heterocycles. The van der Waals surface area contributed by atoms with Crippen LogP contribution in [0, 0.1) is 0 Å². The summed E-state index contributed by atoms with van der Waals surface area (Å²) in [6.45, 7) is 0.528. The minimum Gasteiger partial charge on any atom is -0.320 e. The number of aromatic nitrogens is 1. The number of carbonyl (C=O) groups excluding carboxylic acids is 1. The molecule has 0 spiro atoms. The first kappa shape index (κ1) is 15.6. The van der Waals surface area contributed by atoms with E-state index in [1.165, 1.54) is 17.2 Å². The lowest BCUT2D eigenvalue weighted by molar-refractivity contribution is -0.118. The quantitative estimate of drug-likeness (QED) is 0.846. The number of pyridine rings is 1. The maximum atomic E-state index is 11.9. The van der Waals surface area contributed by atoms with Gasteiger partial charge in [-0.1, -0.05) is 18.2 Å². The summed E-state index contributed by atoms with van der Waals surface area (Å²) < 4.78 is 23.3. The van der Waals surface area contributed by atoms with E-state index in [9.17, 15) is 13.2 Å². The molecule has 1 aliphatic rings. The predicted octanol–water partition coefficient (Wildman–Crippen LogP) is 0.460. The molecule has 23 heavy (non-hydrogen) atoms. The van der Waals surface area contributed by atoms with E-state index in [1.54, 1.807) is 30.3 Å². The Morgan fingerprint density at radius 3 is 2.48 bits per heavy atom. The molecular weight excluding hydrogens is 316 g/mol. The fourth-order valence-corrected chi connectivity index (χ4v) is 3.35. The van der Waals surface area contributed by atoms with E-state index in [0.717, 1.165) is 0 Å². The van der Waals surface area contributed by atoms with E-state index < -0.39 is 16.1 Å². The number of rotatable bonds is 3. The van der Waals surface area contributed by atoms with Crippen molar-refractivity contribution in [2.45, 2.75) is 17.4 Å². The highest BCUT2D eigenvalue weighted by Crippen LogP contribution is 2.27. The van der Waals surface area contributed by atoms with Crippen LogP contribution in [0.25, 0.3) is 11.1 Å². The Morgan fingerprint density at radius 2 is 1.91 bits per heavy atom. The third-order valence-electron chi connectivity index (χ3n) is 3.78. The average molecular weight is 332 g/mol. The van der Waals surface area contributed by atoms with Gasteiger partial charge in [0.1, 0.15) is 5.82 Å². The van der Waals surface area contributed by atoms with Crippen LogP contribution in [0.5, 0.6) is 0 Å². The highest BCUT2D eigenvalue weighted by molar-refractivity contribution is 7.89. The van der Waals surface area contributed by atoms with Gasteiger partial charge >= 0.3 is 0 Å². The number of hydrogen-bond acceptors (Lipinski definition) is 5. The lowest BCUT2D eigenvalue weighted by atomic mass is 10.1. The third kappa shape index (κ3) is 2.96. The molecule has 7 nitrogen and oxygen atoms in total. The summed E-state index contributed by atoms with van der Waals surface area (Å²) >= 11 is 0. The zero-order chi connectivity index (χ0) is 16.6. The van der Waals surface area contributed by atoms with E-state index >= 15 is 0 Å². The summed E-state index contributed by atoms with van der Waals surface area (Å²) in [5, 5.41) is 5.24. The molecule has 4 N–H and O–H groups in total. The second-order valence-corrected chi connectivity index (χ2v) is 6.86. The van der Waals surface area contributed by atoms with Crippen LogP contribution >= 0.6 is 0 Å². The van der Waals surface area contributed by atoms with E-state index in [4.69, 9.17) is 10.9 Å². The Bertz CT molecular complexity index is 849. The Morgan fingerprint density at radius 1 is 1.17 bits per heavy atom. The number of nitrogens with zero attached hydrogens (tertiary/aromatic N) is 2. The van der Waals surface area contributed by atoms with Gasteiger partial charge in [0.2, 0.25) is 15.9 Å². The molecule has 1 amide bonds. The Hall–Kier alpha value is -2.29. The van der Waals surface area contributed by atoms with Crippen molar-refractivity contribution < 1.29 is 13.2 Å². The zero-order valence-corrected chi connectivity index (χ0v) is 13.0. The number of nitrogens with two attached hydrogens (primary N) is 2. The first-order valence-corrected chi connectivity index (χ1v) is 8.58. The molecule has 0 radical (unpaired) electrons. The predicted molar refractivity (Wildman–Crippen MR) is 86.0 cm³/mol. The number of sulfonamides is 1. The normalized spacial score (nSPS) is 18.4. The van der Waals surface area contributed by atoms with Crippen molar-refractivity contribution in [1.29, 1.82) is 0 Å². The largest absolute Gasteiger partial charge is 0.320 e. The SMILES string of the molecule is N[C@H]1CCN(c2ccc(-c3ccccc3S(N)(=O)=O)cn2)C1=O. The summed E-state index contributed by atoms with van der Waals surface area (Å²) in [7, 11) is -3.83. The third-order valence-corrected chi connectivity index (χ3v) is 4.74. The molecule has 1 fully saturated rings. The number of carbonyl (C=O) groups is 1. The van der Waals surface area contributed by atoms with E-state index in [2.05, 4.69) is 4.98 Å². The highest BCUT2D eigenvalue weighted by Gasteiger charge is 2.30. The topological polar surface area (TPSA) is 119 Å². The van der Waals surface area contributed by atoms with E-state index in [-0.39, 0.29) is 10.8 Å². The average Bonchev–Trinajstić information content (AvgIpc) is 2.86. The van der Waals surface area contributed by atoms with Crippen LogP contribution in [0.3, 0.4) is 0 Å². The molecule has 2 heterocycles. The minimum absolute atomic E-state index is 0.0359. The van der Waals surface area contributed by atoms with Crippen LogP contribution in [0.4, 0.5) is 5.82 Å². The van der Waals surface area contributed by atoms with Gasteiger partial charge in [-0.15, -0.1) is 0 Å². The fraction of sp³-hybridized carbons (Fsp3) is 0.200. The number of amides is 1. The van der Waals surface area contributed by atoms with Crippen molar-refractivity contribution >= 4 is 21.7 Å². The molecule has 0 unspecified atom stereocenters. The van der Waals surface area contributed by atoms with Crippen molar-refractivity contribution in [3.8, 4) is 11.1 Å². The maximum absolute atomic E-state index is 11.9. The number of hydrogen-bond donors (Lipinski definition) is 2. The minimum atomic E-state index is -3.83. The molecule has 0 saturated carbocycles. The fourth-order valence-electron chi connectivity index (χ4n) is 2.59. The molecule has 120 valence electrons. The second kappa shape index (κ2) is 5.73. The van der Waals surface area contributed by atoms with Gasteiger partial charge in [-0.05, 0) is 24.6 Å². The summed E-state index contributed by atoms with van der Waals surface area (Å²) in [4.78, 5) is 17.7. The Labute approximate surface area is 134 Å². The van der Waals surface area contributed by atoms with Crippen LogP contribution in [0.1, 0.15) is 6.42 Å². The highest BCUT2D eigenvalue weighted by atomic mass is 32.2. The lowest BCUT2D eigenvalue weighted by Crippen LogP contribution is -2.34. The van der Waals surface area contributed by atoms with Crippen molar-refractivity contribution in [3.63, 3.8) is 0 Å². The van der Waals surface area contributed by atoms with Gasteiger partial charge < -0.3 is 5.73 Å². The molecule has 2 aromatic rings. The van der Waals surface area contributed by atoms with Crippen LogP contribution in [0.15, 0.2) is 47.5 Å². The number of primary sulfonamides is 1. The van der Waals surface area contributed by atoms with Gasteiger partial charge in [0.15, 0.2) is 0 Å². The molecule has 0 bridgehead atoms. The molecule has 1 aromatic carbocycles. The lowest BCUT2D eigenvalue weighted by Gasteiger charge is -2.15. The van der Waals surface area contributed by atoms with Crippen LogP contribution in [-0.4, -0.2) is 31.9 Å². The summed E-state index contributed by atoms with van der Waals surface area (Å²) in [5.41, 5.74) is 6.77. The van der Waals surface area contributed by atoms with E-state index in [1.807, 2.05) is 0 Å². The van der Waals surface area contributed by atoms with Crippen LogP contribution < -0.4 is 15.8 Å². The van der Waals surface area contributed by atoms with Crippen molar-refractivity contribution in [1.82, 2.24) is 4.98 Å². The van der Waals surface area contributed by atoms with Gasteiger partial charge in [0.05, 0.1) is 10.9 Å². The molecule has 8 heteroatoms. The molecule has 0 aliphatic carbocycles. The Balaban J connectivity index is 1.97. The summed E-state index contributed by atoms with van der Waals surface area (Å²) in [6.07, 6.45) is 2.12. The van der Waals surface area contributed by atoms with Gasteiger partial charge in [-0.3, -0.25) is 9.69 Å². The monoisotopic (exact) mass is 332 g/mol. The summed E-state index contributed by atoms with van der Waals surface area (Å²) in [6, 6.07) is 9.33. The molecular formula is C15H16N4O3S. The van der Waals surface area contributed by atoms with Gasteiger partial charge in [-0.2, -0.15) is 0 Å². The second-order valence-electron chi connectivity index (χ2n) is 5.33. The first-order chi connectivity index (χ1) is 10.9. The van der Waals surface area contributed by atoms with E-state index in [0.29, 0.717) is 29.9 Å². The smallest absolute Gasteiger partial charge is 0.245 e. The van der Waals surface area contributed by atoms with Gasteiger partial charge in [0, 0.05) is 23.9 Å². The number of benzene rings is 1. The van der Waals surface area contributed by atoms with Crippen LogP contribution in [-0.2, 0) is 14.8 Å². The van der Waals surface area contributed by atoms with Crippen molar-refractivity contribution in [2.24, 2.45) is 10.9 Å². The number of anilines is 1. The van der Waals surface area contributed by atoms with Crippen LogP contribution in [0.2, 0.25) is 0 Å². The first-order valence-electron chi connectivity index (χ1n) is 7.03. The molecule has 1 saturated heterocycles. The summed E-state index contributed by atoms with van der Waals surface area (Å²) in [5.74, 6) is 0.343. The van der Waals surface area contributed by atoms with Gasteiger partial charge in [0.25, 0.3) is 0 Å². The standard InChI is InChI=1S/C15H16N4O3S/c16-12-7-8-19(15(12)20)14-6-5-10(9-18-14)11-3-1-2-4-13(11)23(17,21)22/h1-6,9,12H,7-8,16H2,(H2,17,21,22)/t12-/m0/s1. The van der Waals surface area contributed by atoms with Crippen molar-refractivity contribution in [3.05, 3.63) is 42.6 Å². The Kier molecular flexibility index (Phi) is 3.88. The van der Waals surface area contributed by atoms with Crippen molar-refractivity contribution in [2.75, 3.05) is 11.4 Å². The molecule has 1 atom stereocenters. The maximum Gasteiger partial charge on any atom is 0.245 e. The van der Waals surface area contributed by atoms with Gasteiger partial charge in [-0.25, -0.2) is 18.5 Å². The molecule has 3 rings (SSSR count).